The Balaban J connectivity index is 2.05. The predicted octanol–water partition coefficient (Wildman–Crippen LogP) is 1.51. The van der Waals surface area contributed by atoms with Crippen molar-refractivity contribution in [2.75, 3.05) is 30.8 Å². The summed E-state index contributed by atoms with van der Waals surface area (Å²) in [7, 11) is 3.54. The minimum absolute atomic E-state index is 0.0722. The van der Waals surface area contributed by atoms with Gasteiger partial charge in [-0.15, -0.1) is 0 Å². The van der Waals surface area contributed by atoms with Crippen LogP contribution in [0.25, 0.3) is 0 Å². The molecule has 1 aliphatic rings. The third kappa shape index (κ3) is 4.53. The van der Waals surface area contributed by atoms with Crippen LogP contribution in [0.1, 0.15) is 33.6 Å². The lowest BCUT2D eigenvalue weighted by molar-refractivity contribution is 0.0327. The Bertz CT molecular complexity index is 547. The Hall–Kier alpha value is -1.96. The van der Waals surface area contributed by atoms with Crippen molar-refractivity contribution in [2.45, 2.75) is 51.4 Å². The van der Waals surface area contributed by atoms with Gasteiger partial charge < -0.3 is 25.4 Å². The van der Waals surface area contributed by atoms with Gasteiger partial charge in [0.05, 0.1) is 24.0 Å². The number of carbonyl (C=O) groups excluding carboxylic acids is 1. The number of carbonyl (C=O) groups is 1. The highest BCUT2D eigenvalue weighted by Crippen LogP contribution is 2.25. The van der Waals surface area contributed by atoms with Gasteiger partial charge in [0, 0.05) is 27.2 Å². The molecule has 0 aliphatic carbocycles. The van der Waals surface area contributed by atoms with Crippen LogP contribution in [0.4, 0.5) is 16.3 Å². The molecule has 8 nitrogen and oxygen atoms in total. The summed E-state index contributed by atoms with van der Waals surface area (Å²) in [5.41, 5.74) is 6.17. The minimum atomic E-state index is -0.521. The maximum absolute atomic E-state index is 12.1. The van der Waals surface area contributed by atoms with Crippen LogP contribution in [-0.4, -0.2) is 53.8 Å². The molecule has 2 atom stereocenters. The molecular weight excluding hydrogens is 310 g/mol. The number of methoxy groups -OCH3 is 1. The molecule has 1 amide bonds. The average molecular weight is 339 g/mol. The van der Waals surface area contributed by atoms with E-state index in [9.17, 15) is 4.79 Å². The van der Waals surface area contributed by atoms with Crippen molar-refractivity contribution in [1.82, 2.24) is 15.1 Å². The third-order valence-electron chi connectivity index (χ3n) is 4.08. The highest BCUT2D eigenvalue weighted by atomic mass is 16.6. The quantitative estimate of drug-likeness (QED) is 0.867. The SMILES string of the molecule is CO[C@@H]1CCN(c2c(N)cnn2C)CC[C@H]1NC(=O)OC(C)(C)C. The number of aromatic nitrogens is 2. The molecule has 0 bridgehead atoms. The normalized spacial score (nSPS) is 22.1. The van der Waals surface area contributed by atoms with Gasteiger partial charge in [-0.3, -0.25) is 4.68 Å². The molecule has 24 heavy (non-hydrogen) atoms. The molecule has 0 aromatic carbocycles. The van der Waals surface area contributed by atoms with E-state index in [1.807, 2.05) is 27.8 Å². The fraction of sp³-hybridized carbons (Fsp3) is 0.750. The Labute approximate surface area is 143 Å². The van der Waals surface area contributed by atoms with Gasteiger partial charge in [-0.25, -0.2) is 4.79 Å². The van der Waals surface area contributed by atoms with E-state index >= 15 is 0 Å². The highest BCUT2D eigenvalue weighted by molar-refractivity contribution is 5.68. The lowest BCUT2D eigenvalue weighted by Gasteiger charge is -2.26. The van der Waals surface area contributed by atoms with Crippen molar-refractivity contribution in [1.29, 1.82) is 0 Å². The summed E-state index contributed by atoms with van der Waals surface area (Å²) in [6.07, 6.45) is 2.69. The maximum atomic E-state index is 12.1. The number of hydrogen-bond acceptors (Lipinski definition) is 6. The standard InChI is InChI=1S/C16H29N5O3/c1-16(2,3)24-15(22)19-12-6-8-21(9-7-13(12)23-5)14-11(17)10-18-20(14)4/h10,12-13H,6-9,17H2,1-5H3,(H,19,22)/t12-,13-/m1/s1. The number of aryl methyl sites for hydroxylation is 1. The smallest absolute Gasteiger partial charge is 0.407 e. The fourth-order valence-corrected chi connectivity index (χ4v) is 3.03. The number of ether oxygens (including phenoxy) is 2. The molecule has 1 aromatic rings. The molecule has 0 spiro atoms. The lowest BCUT2D eigenvalue weighted by Crippen LogP contribution is -2.46. The summed E-state index contributed by atoms with van der Waals surface area (Å²) in [5, 5.41) is 7.14. The zero-order valence-corrected chi connectivity index (χ0v) is 15.2. The molecule has 8 heteroatoms. The molecule has 1 saturated heterocycles. The molecule has 2 heterocycles. The van der Waals surface area contributed by atoms with E-state index in [-0.39, 0.29) is 12.1 Å². The molecule has 1 aromatic heterocycles. The number of nitrogens with two attached hydrogens (primary N) is 1. The maximum Gasteiger partial charge on any atom is 0.407 e. The molecule has 136 valence electrons. The van der Waals surface area contributed by atoms with Crippen LogP contribution in [-0.2, 0) is 16.5 Å². The van der Waals surface area contributed by atoms with Gasteiger partial charge in [0.2, 0.25) is 0 Å². The topological polar surface area (TPSA) is 94.6 Å². The molecule has 1 fully saturated rings. The second-order valence-corrected chi connectivity index (χ2v) is 7.14. The van der Waals surface area contributed by atoms with Crippen LogP contribution in [0.5, 0.6) is 0 Å². The number of anilines is 2. The third-order valence-corrected chi connectivity index (χ3v) is 4.08. The first-order valence-corrected chi connectivity index (χ1v) is 8.26. The van der Waals surface area contributed by atoms with Crippen molar-refractivity contribution in [3.05, 3.63) is 6.20 Å². The number of rotatable bonds is 3. The summed E-state index contributed by atoms with van der Waals surface area (Å²) in [5.74, 6) is 0.905. The van der Waals surface area contributed by atoms with E-state index < -0.39 is 11.7 Å². The minimum Gasteiger partial charge on any atom is -0.444 e. The van der Waals surface area contributed by atoms with E-state index in [4.69, 9.17) is 15.2 Å². The Kier molecular flexibility index (Phi) is 5.58. The van der Waals surface area contributed by atoms with Crippen molar-refractivity contribution < 1.29 is 14.3 Å². The number of alkyl carbamates (subject to hydrolysis) is 1. The molecule has 0 radical (unpaired) electrons. The average Bonchev–Trinajstić information content (AvgIpc) is 2.68. The Morgan fingerprint density at radius 2 is 2.04 bits per heavy atom. The lowest BCUT2D eigenvalue weighted by atomic mass is 10.1. The van der Waals surface area contributed by atoms with Crippen LogP contribution < -0.4 is 16.0 Å². The molecule has 1 aliphatic heterocycles. The van der Waals surface area contributed by atoms with Gasteiger partial charge in [-0.2, -0.15) is 5.10 Å². The largest absolute Gasteiger partial charge is 0.444 e. The number of nitrogen functional groups attached to an aromatic ring is 1. The first kappa shape index (κ1) is 18.4. The van der Waals surface area contributed by atoms with Gasteiger partial charge >= 0.3 is 6.09 Å². The monoisotopic (exact) mass is 339 g/mol. The molecule has 0 unspecified atom stereocenters. The Morgan fingerprint density at radius 3 is 2.58 bits per heavy atom. The van der Waals surface area contributed by atoms with Crippen LogP contribution in [0.3, 0.4) is 0 Å². The predicted molar refractivity (Wildman–Crippen MR) is 93.0 cm³/mol. The number of amides is 1. The number of hydrogen-bond donors (Lipinski definition) is 2. The first-order valence-electron chi connectivity index (χ1n) is 8.26. The van der Waals surface area contributed by atoms with Gasteiger partial charge in [0.15, 0.2) is 0 Å². The Morgan fingerprint density at radius 1 is 1.38 bits per heavy atom. The van der Waals surface area contributed by atoms with E-state index in [1.165, 1.54) is 0 Å². The van der Waals surface area contributed by atoms with Crippen LogP contribution in [0.2, 0.25) is 0 Å². The van der Waals surface area contributed by atoms with Gasteiger partial charge in [-0.1, -0.05) is 0 Å². The van der Waals surface area contributed by atoms with Crippen molar-refractivity contribution in [3.63, 3.8) is 0 Å². The number of nitrogens with zero attached hydrogens (tertiary/aromatic N) is 3. The summed E-state index contributed by atoms with van der Waals surface area (Å²) in [6.45, 7) is 7.08. The summed E-state index contributed by atoms with van der Waals surface area (Å²) in [6, 6.07) is -0.107. The van der Waals surface area contributed by atoms with Gasteiger partial charge in [0.25, 0.3) is 0 Å². The zero-order chi connectivity index (χ0) is 17.9. The van der Waals surface area contributed by atoms with Crippen LogP contribution in [0, 0.1) is 0 Å². The second kappa shape index (κ2) is 7.29. The number of nitrogens with one attached hydrogen (secondary N) is 1. The molecular formula is C16H29N5O3. The first-order chi connectivity index (χ1) is 11.2. The zero-order valence-electron chi connectivity index (χ0n) is 15.2. The van der Waals surface area contributed by atoms with Crippen molar-refractivity contribution in [3.8, 4) is 0 Å². The summed E-state index contributed by atoms with van der Waals surface area (Å²) in [4.78, 5) is 14.3. The van der Waals surface area contributed by atoms with Crippen molar-refractivity contribution in [2.24, 2.45) is 7.05 Å². The van der Waals surface area contributed by atoms with Gasteiger partial charge in [0.1, 0.15) is 11.4 Å². The van der Waals surface area contributed by atoms with Crippen molar-refractivity contribution >= 4 is 17.6 Å². The fourth-order valence-electron chi connectivity index (χ4n) is 3.03. The molecule has 2 rings (SSSR count). The van der Waals surface area contributed by atoms with Gasteiger partial charge in [-0.05, 0) is 33.6 Å². The van der Waals surface area contributed by atoms with E-state index in [2.05, 4.69) is 15.3 Å². The highest BCUT2D eigenvalue weighted by Gasteiger charge is 2.30. The van der Waals surface area contributed by atoms with E-state index in [1.54, 1.807) is 18.0 Å². The summed E-state index contributed by atoms with van der Waals surface area (Å²) >= 11 is 0. The van der Waals surface area contributed by atoms with Crippen LogP contribution in [0.15, 0.2) is 6.20 Å². The molecule has 0 saturated carbocycles. The summed E-state index contributed by atoms with van der Waals surface area (Å²) < 4.78 is 12.7. The van der Waals surface area contributed by atoms with E-state index in [0.717, 1.165) is 31.7 Å². The van der Waals surface area contributed by atoms with E-state index in [0.29, 0.717) is 5.69 Å². The molecule has 3 N–H and O–H groups in total. The second-order valence-electron chi connectivity index (χ2n) is 7.14. The van der Waals surface area contributed by atoms with Crippen LogP contribution >= 0.6 is 0 Å².